The Hall–Kier alpha value is -1.03. The number of nitrogens with two attached hydrogens (primary N) is 1. The molecular weight excluding hydrogens is 302 g/mol. The van der Waals surface area contributed by atoms with Crippen molar-refractivity contribution in [3.05, 3.63) is 28.2 Å². The van der Waals surface area contributed by atoms with Crippen molar-refractivity contribution >= 4 is 27.5 Å². The highest BCUT2D eigenvalue weighted by molar-refractivity contribution is 9.10. The van der Waals surface area contributed by atoms with Crippen LogP contribution in [0.4, 0.5) is 5.69 Å². The van der Waals surface area contributed by atoms with Crippen LogP contribution in [-0.2, 0) is 0 Å². The van der Waals surface area contributed by atoms with Gasteiger partial charge in [-0.15, -0.1) is 0 Å². The van der Waals surface area contributed by atoms with Gasteiger partial charge in [0.1, 0.15) is 5.84 Å². The van der Waals surface area contributed by atoms with Crippen molar-refractivity contribution in [2.24, 2.45) is 5.73 Å². The molecule has 19 heavy (non-hydrogen) atoms. The Bertz CT molecular complexity index is 459. The maximum atomic E-state index is 7.80. The van der Waals surface area contributed by atoms with E-state index in [2.05, 4.69) is 33.8 Å². The summed E-state index contributed by atoms with van der Waals surface area (Å²) in [6, 6.07) is 6.66. The van der Waals surface area contributed by atoms with Crippen LogP contribution in [0.1, 0.15) is 44.6 Å². The van der Waals surface area contributed by atoms with Crippen LogP contribution in [0.15, 0.2) is 22.7 Å². The Morgan fingerprint density at radius 1 is 1.42 bits per heavy atom. The number of rotatable bonds is 3. The highest BCUT2D eigenvalue weighted by Gasteiger charge is 2.22. The number of hydrogen-bond acceptors (Lipinski definition) is 2. The quantitative estimate of drug-likeness (QED) is 0.654. The predicted molar refractivity (Wildman–Crippen MR) is 85.1 cm³/mol. The lowest BCUT2D eigenvalue weighted by Crippen LogP contribution is -2.36. The molecule has 0 aliphatic carbocycles. The lowest BCUT2D eigenvalue weighted by molar-refractivity contribution is 0.556. The molecule has 4 heteroatoms. The molecule has 0 spiro atoms. The largest absolute Gasteiger partial charge is 0.384 e. The molecular formula is C15H22BrN3. The molecule has 0 amide bonds. The maximum Gasteiger partial charge on any atom is 0.124 e. The smallest absolute Gasteiger partial charge is 0.124 e. The molecule has 0 radical (unpaired) electrons. The summed E-state index contributed by atoms with van der Waals surface area (Å²) < 4.78 is 0.976. The summed E-state index contributed by atoms with van der Waals surface area (Å²) in [5.41, 5.74) is 7.71. The van der Waals surface area contributed by atoms with Crippen LogP contribution >= 0.6 is 15.9 Å². The molecule has 1 aromatic carbocycles. The van der Waals surface area contributed by atoms with Crippen LogP contribution in [0.2, 0.25) is 0 Å². The average molecular weight is 324 g/mol. The van der Waals surface area contributed by atoms with Crippen molar-refractivity contribution in [3.8, 4) is 0 Å². The number of halogens is 1. The molecule has 0 aromatic heterocycles. The molecule has 1 heterocycles. The highest BCUT2D eigenvalue weighted by Crippen LogP contribution is 2.30. The Labute approximate surface area is 123 Å². The van der Waals surface area contributed by atoms with E-state index in [1.54, 1.807) is 0 Å². The number of nitrogen functional groups attached to an aromatic ring is 1. The van der Waals surface area contributed by atoms with Crippen molar-refractivity contribution in [3.63, 3.8) is 0 Å². The van der Waals surface area contributed by atoms with E-state index in [9.17, 15) is 0 Å². The van der Waals surface area contributed by atoms with Gasteiger partial charge in [-0.2, -0.15) is 0 Å². The van der Waals surface area contributed by atoms with Crippen LogP contribution in [0, 0.1) is 5.41 Å². The monoisotopic (exact) mass is 323 g/mol. The molecule has 2 rings (SSSR count). The van der Waals surface area contributed by atoms with Crippen LogP contribution < -0.4 is 10.6 Å². The van der Waals surface area contributed by atoms with E-state index in [1.807, 2.05) is 12.1 Å². The molecule has 1 fully saturated rings. The predicted octanol–water partition coefficient (Wildman–Crippen LogP) is 3.89. The van der Waals surface area contributed by atoms with Gasteiger partial charge in [0, 0.05) is 28.3 Å². The molecule has 1 saturated heterocycles. The van der Waals surface area contributed by atoms with E-state index in [0.29, 0.717) is 6.04 Å². The fourth-order valence-corrected chi connectivity index (χ4v) is 3.25. The van der Waals surface area contributed by atoms with Crippen molar-refractivity contribution in [1.82, 2.24) is 0 Å². The molecule has 1 aliphatic rings. The van der Waals surface area contributed by atoms with Gasteiger partial charge in [-0.05, 0) is 37.5 Å². The first kappa shape index (κ1) is 14.4. The summed E-state index contributed by atoms with van der Waals surface area (Å²) in [7, 11) is 0. The molecule has 1 aromatic rings. The van der Waals surface area contributed by atoms with Crippen LogP contribution in [0.3, 0.4) is 0 Å². The Kier molecular flexibility index (Phi) is 4.86. The first-order chi connectivity index (χ1) is 9.13. The fourth-order valence-electron chi connectivity index (χ4n) is 2.89. The SMILES string of the molecule is CCC1CCCCCN1c1ccc(Br)cc1C(=N)N. The summed E-state index contributed by atoms with van der Waals surface area (Å²) >= 11 is 3.47. The minimum absolute atomic E-state index is 0.149. The summed E-state index contributed by atoms with van der Waals surface area (Å²) in [6.45, 7) is 3.32. The maximum absolute atomic E-state index is 7.80. The zero-order chi connectivity index (χ0) is 13.8. The summed E-state index contributed by atoms with van der Waals surface area (Å²) in [5, 5.41) is 7.80. The van der Waals surface area contributed by atoms with Gasteiger partial charge in [-0.1, -0.05) is 35.7 Å². The first-order valence-electron chi connectivity index (χ1n) is 7.04. The first-order valence-corrected chi connectivity index (χ1v) is 7.83. The normalized spacial score (nSPS) is 20.1. The van der Waals surface area contributed by atoms with Crippen molar-refractivity contribution in [2.45, 2.75) is 45.1 Å². The number of nitrogens with zero attached hydrogens (tertiary/aromatic N) is 1. The Balaban J connectivity index is 2.40. The number of amidine groups is 1. The average Bonchev–Trinajstić information content (AvgIpc) is 2.63. The molecule has 1 aliphatic heterocycles. The molecule has 3 nitrogen and oxygen atoms in total. The van der Waals surface area contributed by atoms with Crippen LogP contribution in [-0.4, -0.2) is 18.4 Å². The van der Waals surface area contributed by atoms with Gasteiger partial charge in [-0.3, -0.25) is 5.41 Å². The molecule has 0 saturated carbocycles. The van der Waals surface area contributed by atoms with Crippen molar-refractivity contribution in [1.29, 1.82) is 5.41 Å². The number of benzene rings is 1. The van der Waals surface area contributed by atoms with E-state index in [0.717, 1.165) is 28.7 Å². The van der Waals surface area contributed by atoms with Gasteiger partial charge in [0.15, 0.2) is 0 Å². The van der Waals surface area contributed by atoms with E-state index in [-0.39, 0.29) is 5.84 Å². The molecule has 0 bridgehead atoms. The van der Waals surface area contributed by atoms with Gasteiger partial charge in [0.2, 0.25) is 0 Å². The lowest BCUT2D eigenvalue weighted by atomic mass is 10.0. The van der Waals surface area contributed by atoms with Crippen molar-refractivity contribution < 1.29 is 0 Å². The third-order valence-electron chi connectivity index (χ3n) is 3.91. The van der Waals surface area contributed by atoms with E-state index in [4.69, 9.17) is 11.1 Å². The van der Waals surface area contributed by atoms with Gasteiger partial charge < -0.3 is 10.6 Å². The van der Waals surface area contributed by atoms with Gasteiger partial charge in [0.05, 0.1) is 0 Å². The minimum Gasteiger partial charge on any atom is -0.384 e. The van der Waals surface area contributed by atoms with Crippen LogP contribution in [0.25, 0.3) is 0 Å². The molecule has 1 unspecified atom stereocenters. The lowest BCUT2D eigenvalue weighted by Gasteiger charge is -2.33. The summed E-state index contributed by atoms with van der Waals surface area (Å²) in [4.78, 5) is 2.45. The van der Waals surface area contributed by atoms with E-state index in [1.165, 1.54) is 25.7 Å². The zero-order valence-corrected chi connectivity index (χ0v) is 13.0. The topological polar surface area (TPSA) is 53.1 Å². The van der Waals surface area contributed by atoms with E-state index >= 15 is 0 Å². The number of anilines is 1. The third kappa shape index (κ3) is 3.30. The van der Waals surface area contributed by atoms with Gasteiger partial charge >= 0.3 is 0 Å². The molecule has 104 valence electrons. The Morgan fingerprint density at radius 3 is 2.89 bits per heavy atom. The standard InChI is InChI=1S/C15H22BrN3/c1-2-12-6-4-3-5-9-19(12)14-8-7-11(16)10-13(14)15(17)18/h7-8,10,12H,2-6,9H2,1H3,(H3,17,18). The molecule has 3 N–H and O–H groups in total. The fraction of sp³-hybridized carbons (Fsp3) is 0.533. The second kappa shape index (κ2) is 6.42. The number of hydrogen-bond donors (Lipinski definition) is 2. The second-order valence-corrected chi connectivity index (χ2v) is 6.10. The second-order valence-electron chi connectivity index (χ2n) is 5.18. The highest BCUT2D eigenvalue weighted by atomic mass is 79.9. The van der Waals surface area contributed by atoms with Crippen molar-refractivity contribution in [2.75, 3.05) is 11.4 Å². The summed E-state index contributed by atoms with van der Waals surface area (Å²) in [6.07, 6.45) is 6.22. The summed E-state index contributed by atoms with van der Waals surface area (Å²) in [5.74, 6) is 0.149. The Morgan fingerprint density at radius 2 is 2.21 bits per heavy atom. The number of nitrogens with one attached hydrogen (secondary N) is 1. The minimum atomic E-state index is 0.149. The van der Waals surface area contributed by atoms with Gasteiger partial charge in [-0.25, -0.2) is 0 Å². The van der Waals surface area contributed by atoms with Gasteiger partial charge in [0.25, 0.3) is 0 Å². The third-order valence-corrected chi connectivity index (χ3v) is 4.40. The van der Waals surface area contributed by atoms with Crippen LogP contribution in [0.5, 0.6) is 0 Å². The zero-order valence-electron chi connectivity index (χ0n) is 11.5. The van der Waals surface area contributed by atoms with E-state index < -0.39 is 0 Å². The molecule has 1 atom stereocenters.